The molecule has 1 aromatic carbocycles. The van der Waals surface area contributed by atoms with E-state index in [0.717, 1.165) is 12.5 Å². The van der Waals surface area contributed by atoms with Gasteiger partial charge < -0.3 is 9.47 Å². The molecule has 1 spiro atoms. The van der Waals surface area contributed by atoms with Crippen LogP contribution >= 0.6 is 15.9 Å². The molecule has 3 rings (SSSR count). The summed E-state index contributed by atoms with van der Waals surface area (Å²) in [7, 11) is 0. The van der Waals surface area contributed by atoms with Gasteiger partial charge in [-0.15, -0.1) is 0 Å². The van der Waals surface area contributed by atoms with Crippen molar-refractivity contribution >= 4 is 21.7 Å². The zero-order valence-corrected chi connectivity index (χ0v) is 12.9. The second-order valence-electron chi connectivity index (χ2n) is 5.61. The second-order valence-corrected chi connectivity index (χ2v) is 6.40. The molecule has 2 aliphatic heterocycles. The maximum atomic E-state index is 13.6. The van der Waals surface area contributed by atoms with Gasteiger partial charge in [-0.25, -0.2) is 8.78 Å². The molecule has 0 aliphatic carbocycles. The summed E-state index contributed by atoms with van der Waals surface area (Å²) in [5, 5.41) is 0. The highest BCUT2D eigenvalue weighted by Crippen LogP contribution is 2.38. The van der Waals surface area contributed by atoms with E-state index in [-0.39, 0.29) is 27.3 Å². The number of hydrogen-bond donors (Lipinski definition) is 0. The van der Waals surface area contributed by atoms with E-state index in [0.29, 0.717) is 32.7 Å². The minimum absolute atomic E-state index is 0.101. The van der Waals surface area contributed by atoms with E-state index >= 15 is 0 Å². The maximum Gasteiger partial charge on any atom is 0.173 e. The molecule has 2 aliphatic rings. The molecule has 0 saturated carbocycles. The van der Waals surface area contributed by atoms with Crippen molar-refractivity contribution in [2.24, 2.45) is 5.92 Å². The van der Waals surface area contributed by atoms with Crippen molar-refractivity contribution in [3.63, 3.8) is 0 Å². The molecule has 2 unspecified atom stereocenters. The predicted octanol–water partition coefficient (Wildman–Crippen LogP) is 3.50. The number of carbonyl (C=O) groups is 1. The van der Waals surface area contributed by atoms with Crippen LogP contribution < -0.4 is 0 Å². The van der Waals surface area contributed by atoms with Crippen molar-refractivity contribution in [2.45, 2.75) is 24.9 Å². The summed E-state index contributed by atoms with van der Waals surface area (Å²) in [6, 6.07) is 2.32. The molecule has 21 heavy (non-hydrogen) atoms. The molecule has 0 radical (unpaired) electrons. The molecule has 6 heteroatoms. The van der Waals surface area contributed by atoms with Crippen LogP contribution in [0, 0.1) is 17.6 Å². The Kier molecular flexibility index (Phi) is 4.12. The lowest BCUT2D eigenvalue weighted by atomic mass is 9.81. The zero-order valence-electron chi connectivity index (χ0n) is 11.3. The van der Waals surface area contributed by atoms with Crippen LogP contribution in [0.1, 0.15) is 29.6 Å². The molecule has 2 atom stereocenters. The summed E-state index contributed by atoms with van der Waals surface area (Å²) >= 11 is 2.98. The highest BCUT2D eigenvalue weighted by Gasteiger charge is 2.43. The van der Waals surface area contributed by atoms with Gasteiger partial charge in [0.05, 0.1) is 16.7 Å². The standard InChI is InChI=1S/C15H15BrF2O3/c16-12-10(1-2-11(17)13(12)18)14(19)9-3-5-21-15(7-9)4-6-20-8-15/h1-2,9H,3-8H2. The largest absolute Gasteiger partial charge is 0.378 e. The van der Waals surface area contributed by atoms with Crippen LogP contribution in [0.3, 0.4) is 0 Å². The summed E-state index contributed by atoms with van der Waals surface area (Å²) in [5.74, 6) is -2.41. The Bertz CT molecular complexity index is 570. The van der Waals surface area contributed by atoms with Crippen molar-refractivity contribution in [1.29, 1.82) is 0 Å². The quantitative estimate of drug-likeness (QED) is 0.598. The first-order chi connectivity index (χ1) is 10.0. The highest BCUT2D eigenvalue weighted by molar-refractivity contribution is 9.10. The molecule has 0 bridgehead atoms. The van der Waals surface area contributed by atoms with Crippen LogP contribution in [-0.4, -0.2) is 31.2 Å². The van der Waals surface area contributed by atoms with Crippen LogP contribution in [0.2, 0.25) is 0 Å². The van der Waals surface area contributed by atoms with Crippen LogP contribution in [0.5, 0.6) is 0 Å². The fourth-order valence-electron chi connectivity index (χ4n) is 3.05. The highest BCUT2D eigenvalue weighted by atomic mass is 79.9. The van der Waals surface area contributed by atoms with Gasteiger partial charge in [-0.3, -0.25) is 4.79 Å². The van der Waals surface area contributed by atoms with E-state index in [1.54, 1.807) is 0 Å². The first-order valence-corrected chi connectivity index (χ1v) is 7.71. The lowest BCUT2D eigenvalue weighted by Crippen LogP contribution is -2.42. The minimum Gasteiger partial charge on any atom is -0.378 e. The molecule has 1 aromatic rings. The number of hydrogen-bond acceptors (Lipinski definition) is 3. The molecule has 114 valence electrons. The van der Waals surface area contributed by atoms with Crippen LogP contribution in [0.4, 0.5) is 8.78 Å². The number of benzene rings is 1. The Hall–Kier alpha value is -0.850. The summed E-state index contributed by atoms with van der Waals surface area (Å²) < 4.78 is 37.8. The predicted molar refractivity (Wildman–Crippen MR) is 75.2 cm³/mol. The van der Waals surface area contributed by atoms with Crippen molar-refractivity contribution in [2.75, 3.05) is 19.8 Å². The third kappa shape index (κ3) is 2.76. The van der Waals surface area contributed by atoms with Crippen molar-refractivity contribution < 1.29 is 23.0 Å². The van der Waals surface area contributed by atoms with E-state index in [1.807, 2.05) is 0 Å². The number of rotatable bonds is 2. The van der Waals surface area contributed by atoms with Gasteiger partial charge in [0.25, 0.3) is 0 Å². The Balaban J connectivity index is 1.83. The van der Waals surface area contributed by atoms with Crippen molar-refractivity contribution in [3.05, 3.63) is 33.8 Å². The lowest BCUT2D eigenvalue weighted by molar-refractivity contribution is -0.0920. The zero-order chi connectivity index (χ0) is 15.0. The molecule has 0 aromatic heterocycles. The van der Waals surface area contributed by atoms with Crippen LogP contribution in [0.25, 0.3) is 0 Å². The molecule has 2 saturated heterocycles. The van der Waals surface area contributed by atoms with E-state index in [9.17, 15) is 13.6 Å². The number of ether oxygens (including phenoxy) is 2. The normalized spacial score (nSPS) is 29.0. The lowest BCUT2D eigenvalue weighted by Gasteiger charge is -2.36. The third-order valence-corrected chi connectivity index (χ3v) is 5.01. The first-order valence-electron chi connectivity index (χ1n) is 6.92. The summed E-state index contributed by atoms with van der Waals surface area (Å²) in [5.41, 5.74) is -0.196. The molecule has 2 heterocycles. The van der Waals surface area contributed by atoms with Gasteiger partial charge in [0.2, 0.25) is 0 Å². The van der Waals surface area contributed by atoms with E-state index < -0.39 is 11.6 Å². The van der Waals surface area contributed by atoms with Crippen LogP contribution in [-0.2, 0) is 9.47 Å². The average Bonchev–Trinajstić information content (AvgIpc) is 2.92. The van der Waals surface area contributed by atoms with Crippen LogP contribution in [0.15, 0.2) is 16.6 Å². The summed E-state index contributed by atoms with van der Waals surface area (Å²) in [4.78, 5) is 12.6. The average molecular weight is 361 g/mol. The molecule has 0 N–H and O–H groups in total. The van der Waals surface area contributed by atoms with Gasteiger partial charge in [0, 0.05) is 31.1 Å². The number of halogens is 3. The van der Waals surface area contributed by atoms with Crippen molar-refractivity contribution in [3.8, 4) is 0 Å². The second kappa shape index (κ2) is 5.74. The van der Waals surface area contributed by atoms with Gasteiger partial charge in [-0.05, 0) is 40.9 Å². The Labute approximate surface area is 129 Å². The van der Waals surface area contributed by atoms with Gasteiger partial charge >= 0.3 is 0 Å². The topological polar surface area (TPSA) is 35.5 Å². The van der Waals surface area contributed by atoms with Gasteiger partial charge in [0.15, 0.2) is 17.4 Å². The number of carbonyl (C=O) groups excluding carboxylic acids is 1. The van der Waals surface area contributed by atoms with Gasteiger partial charge in [-0.2, -0.15) is 0 Å². The maximum absolute atomic E-state index is 13.6. The third-order valence-electron chi connectivity index (χ3n) is 4.23. The van der Waals surface area contributed by atoms with E-state index in [1.165, 1.54) is 6.07 Å². The molecule has 3 nitrogen and oxygen atoms in total. The molecular formula is C15H15BrF2O3. The number of ketones is 1. The molecule has 0 amide bonds. The molecular weight excluding hydrogens is 346 g/mol. The fourth-order valence-corrected chi connectivity index (χ4v) is 3.57. The summed E-state index contributed by atoms with van der Waals surface area (Å²) in [6.07, 6.45) is 1.93. The SMILES string of the molecule is O=C(c1ccc(F)c(F)c1Br)C1CCOC2(CCOC2)C1. The van der Waals surface area contributed by atoms with E-state index in [2.05, 4.69) is 15.9 Å². The smallest absolute Gasteiger partial charge is 0.173 e. The monoisotopic (exact) mass is 360 g/mol. The van der Waals surface area contributed by atoms with Gasteiger partial charge in [-0.1, -0.05) is 0 Å². The van der Waals surface area contributed by atoms with E-state index in [4.69, 9.17) is 9.47 Å². The fraction of sp³-hybridized carbons (Fsp3) is 0.533. The Morgan fingerprint density at radius 2 is 2.14 bits per heavy atom. The Morgan fingerprint density at radius 3 is 2.86 bits per heavy atom. The number of Topliss-reactive ketones (excluding diaryl/α,β-unsaturated/α-hetero) is 1. The Morgan fingerprint density at radius 1 is 1.33 bits per heavy atom. The summed E-state index contributed by atoms with van der Waals surface area (Å²) in [6.45, 7) is 1.62. The van der Waals surface area contributed by atoms with Gasteiger partial charge in [0.1, 0.15) is 0 Å². The minimum atomic E-state index is -1.02. The molecule has 2 fully saturated rings. The first kappa shape index (κ1) is 15.1. The van der Waals surface area contributed by atoms with Crippen molar-refractivity contribution in [1.82, 2.24) is 0 Å².